The first-order valence-corrected chi connectivity index (χ1v) is 12.0. The van der Waals surface area contributed by atoms with Gasteiger partial charge in [0.05, 0.1) is 25.5 Å². The quantitative estimate of drug-likeness (QED) is 0.154. The summed E-state index contributed by atoms with van der Waals surface area (Å²) in [6.07, 6.45) is 5.08. The van der Waals surface area contributed by atoms with E-state index in [9.17, 15) is 15.0 Å². The van der Waals surface area contributed by atoms with Crippen LogP contribution in [0.3, 0.4) is 0 Å². The molecule has 0 atom stereocenters. The second-order valence-corrected chi connectivity index (χ2v) is 8.44. The highest BCUT2D eigenvalue weighted by atomic mass is 35.5. The number of ether oxygens (including phenoxy) is 2. The average molecular weight is 549 g/mol. The van der Waals surface area contributed by atoms with Gasteiger partial charge in [0.15, 0.2) is 17.3 Å². The van der Waals surface area contributed by atoms with Gasteiger partial charge in [0.25, 0.3) is 17.8 Å². The molecule has 39 heavy (non-hydrogen) atoms. The molecule has 3 aromatic carbocycles. The van der Waals surface area contributed by atoms with Gasteiger partial charge in [-0.1, -0.05) is 54.1 Å². The van der Waals surface area contributed by atoms with E-state index in [0.717, 1.165) is 0 Å². The van der Waals surface area contributed by atoms with Gasteiger partial charge in [-0.15, -0.1) is 0 Å². The molecule has 11 heteroatoms. The lowest BCUT2D eigenvalue weighted by molar-refractivity contribution is 0.0955. The van der Waals surface area contributed by atoms with Gasteiger partial charge < -0.3 is 29.4 Å². The summed E-state index contributed by atoms with van der Waals surface area (Å²) in [7, 11) is 3.05. The number of amides is 1. The first-order chi connectivity index (χ1) is 18.9. The first kappa shape index (κ1) is 27.1. The van der Waals surface area contributed by atoms with E-state index in [1.54, 1.807) is 12.1 Å². The van der Waals surface area contributed by atoms with E-state index in [0.29, 0.717) is 34.7 Å². The Morgan fingerprint density at radius 2 is 1.90 bits per heavy atom. The zero-order chi connectivity index (χ0) is 27.8. The number of nitrogens with one attached hydrogen (secondary N) is 2. The third-order valence-electron chi connectivity index (χ3n) is 5.43. The predicted octanol–water partition coefficient (Wildman–Crippen LogP) is 5.31. The molecule has 1 aromatic heterocycles. The summed E-state index contributed by atoms with van der Waals surface area (Å²) >= 11 is 5.86. The van der Waals surface area contributed by atoms with E-state index < -0.39 is 5.91 Å². The van der Waals surface area contributed by atoms with Gasteiger partial charge in [0.1, 0.15) is 5.75 Å². The molecule has 0 aliphatic heterocycles. The maximum absolute atomic E-state index is 12.3. The number of aromatic hydroxyl groups is 2. The molecule has 1 heterocycles. The molecular formula is C28H25ClN4O6. The first-order valence-electron chi connectivity index (χ1n) is 11.6. The van der Waals surface area contributed by atoms with Crippen molar-refractivity contribution in [1.82, 2.24) is 10.4 Å². The van der Waals surface area contributed by atoms with Crippen LogP contribution >= 0.6 is 11.6 Å². The number of phenolic OH excluding ortho intramolecular Hbond substituents is 1. The number of carbonyl (C=O) groups excluding carboxylic acids is 1. The molecule has 0 aliphatic rings. The number of phenols is 1. The maximum atomic E-state index is 12.3. The smallest absolute Gasteiger partial charge is 0.298 e. The van der Waals surface area contributed by atoms with Gasteiger partial charge in [-0.2, -0.15) is 10.1 Å². The van der Waals surface area contributed by atoms with Crippen molar-refractivity contribution >= 4 is 35.8 Å². The highest BCUT2D eigenvalue weighted by Crippen LogP contribution is 2.34. The van der Waals surface area contributed by atoms with Crippen LogP contribution in [0.15, 0.2) is 76.3 Å². The Morgan fingerprint density at radius 1 is 1.10 bits per heavy atom. The van der Waals surface area contributed by atoms with Crippen LogP contribution in [0.2, 0.25) is 5.02 Å². The number of rotatable bonds is 10. The lowest BCUT2D eigenvalue weighted by atomic mass is 10.1. The van der Waals surface area contributed by atoms with E-state index in [1.807, 2.05) is 42.5 Å². The Kier molecular flexibility index (Phi) is 8.70. The van der Waals surface area contributed by atoms with E-state index in [-0.39, 0.29) is 34.0 Å². The van der Waals surface area contributed by atoms with Gasteiger partial charge in [-0.3, -0.25) is 4.79 Å². The molecule has 200 valence electrons. The summed E-state index contributed by atoms with van der Waals surface area (Å²) in [5.41, 5.74) is 4.70. The number of nitrogens with zero attached hydrogens (tertiary/aromatic N) is 2. The van der Waals surface area contributed by atoms with Crippen molar-refractivity contribution in [3.05, 3.63) is 88.5 Å². The van der Waals surface area contributed by atoms with Crippen molar-refractivity contribution in [2.45, 2.75) is 0 Å². The number of hydrogen-bond donors (Lipinski definition) is 4. The monoisotopic (exact) mass is 548 g/mol. The number of anilines is 1. The molecule has 0 saturated heterocycles. The minimum atomic E-state index is -0.493. The Bertz CT molecular complexity index is 1520. The van der Waals surface area contributed by atoms with Gasteiger partial charge in [0.2, 0.25) is 0 Å². The number of hydrogen-bond acceptors (Lipinski definition) is 9. The van der Waals surface area contributed by atoms with Crippen molar-refractivity contribution in [3.8, 4) is 34.5 Å². The zero-order valence-electron chi connectivity index (χ0n) is 21.0. The number of methoxy groups -OCH3 is 2. The molecule has 0 bridgehead atoms. The highest BCUT2D eigenvalue weighted by Gasteiger charge is 2.14. The molecule has 0 saturated carbocycles. The topological polar surface area (TPSA) is 138 Å². The molecule has 4 rings (SSSR count). The largest absolute Gasteiger partial charge is 0.506 e. The van der Waals surface area contributed by atoms with Gasteiger partial charge in [0, 0.05) is 23.2 Å². The summed E-state index contributed by atoms with van der Waals surface area (Å²) in [5, 5.41) is 26.7. The second kappa shape index (κ2) is 12.5. The van der Waals surface area contributed by atoms with Crippen LogP contribution in [0, 0.1) is 0 Å². The highest BCUT2D eigenvalue weighted by molar-refractivity contribution is 6.32. The van der Waals surface area contributed by atoms with Crippen LogP contribution in [0.4, 0.5) is 6.01 Å². The predicted molar refractivity (Wildman–Crippen MR) is 149 cm³/mol. The third kappa shape index (κ3) is 6.68. The summed E-state index contributed by atoms with van der Waals surface area (Å²) in [5.74, 6) is 0.443. The van der Waals surface area contributed by atoms with E-state index in [1.165, 1.54) is 38.6 Å². The number of aromatic nitrogens is 1. The summed E-state index contributed by atoms with van der Waals surface area (Å²) < 4.78 is 16.6. The fourth-order valence-corrected chi connectivity index (χ4v) is 3.77. The van der Waals surface area contributed by atoms with Crippen LogP contribution in [0.5, 0.6) is 23.1 Å². The minimum Gasteiger partial charge on any atom is -0.506 e. The fraction of sp³-hybridized carbons (Fsp3) is 0.107. The van der Waals surface area contributed by atoms with Crippen molar-refractivity contribution in [3.63, 3.8) is 0 Å². The molecule has 1 amide bonds. The van der Waals surface area contributed by atoms with E-state index >= 15 is 0 Å². The second-order valence-electron chi connectivity index (χ2n) is 8.03. The third-order valence-corrected chi connectivity index (χ3v) is 5.74. The summed E-state index contributed by atoms with van der Waals surface area (Å²) in [4.78, 5) is 16.3. The molecule has 4 aromatic rings. The molecule has 0 radical (unpaired) electrons. The van der Waals surface area contributed by atoms with Crippen molar-refractivity contribution < 1.29 is 28.9 Å². The van der Waals surface area contributed by atoms with E-state index in [4.69, 9.17) is 25.5 Å². The van der Waals surface area contributed by atoms with Crippen LogP contribution in [0.25, 0.3) is 17.4 Å². The van der Waals surface area contributed by atoms with Crippen LogP contribution in [-0.2, 0) is 0 Å². The molecule has 0 spiro atoms. The Labute approximate surface area is 229 Å². The molecule has 0 aliphatic carbocycles. The van der Waals surface area contributed by atoms with Crippen molar-refractivity contribution in [2.24, 2.45) is 5.10 Å². The van der Waals surface area contributed by atoms with Crippen molar-refractivity contribution in [2.75, 3.05) is 26.1 Å². The lowest BCUT2D eigenvalue weighted by Gasteiger charge is -2.12. The summed E-state index contributed by atoms with van der Waals surface area (Å²) in [6.45, 7) is 0.337. The molecule has 10 nitrogen and oxygen atoms in total. The lowest BCUT2D eigenvalue weighted by Crippen LogP contribution is -2.17. The van der Waals surface area contributed by atoms with Gasteiger partial charge >= 0.3 is 0 Å². The number of carbonyl (C=O) groups is 1. The molecule has 4 N–H and O–H groups in total. The average Bonchev–Trinajstić information content (AvgIpc) is 3.32. The zero-order valence-corrected chi connectivity index (χ0v) is 21.8. The van der Waals surface area contributed by atoms with Crippen LogP contribution in [-0.4, -0.2) is 48.1 Å². The molecule has 0 fully saturated rings. The van der Waals surface area contributed by atoms with Crippen molar-refractivity contribution in [1.29, 1.82) is 0 Å². The Balaban J connectivity index is 1.44. The van der Waals surface area contributed by atoms with Gasteiger partial charge in [-0.25, -0.2) is 5.43 Å². The Hall–Kier alpha value is -4.96. The standard InChI is InChI=1S/C28H25ClN4O6/c1-37-23-14-17(16-31-33-26(35)20-10-11-22(34)21(29)15-20)13-19(24(23)38-2)9-6-12-30-28-32-27(36)25(39-28)18-7-4-3-5-8-18/h3-11,13-16,34,36H,12H2,1-2H3,(H,30,32)(H,33,35). The van der Waals surface area contributed by atoms with E-state index in [2.05, 4.69) is 20.8 Å². The fourth-order valence-electron chi connectivity index (χ4n) is 3.59. The van der Waals surface area contributed by atoms with Crippen LogP contribution < -0.4 is 20.2 Å². The number of halogens is 1. The minimum absolute atomic E-state index is 0.0636. The number of benzene rings is 3. The summed E-state index contributed by atoms with van der Waals surface area (Å²) in [6, 6.07) is 17.0. The number of hydrazone groups is 1. The maximum Gasteiger partial charge on any atom is 0.298 e. The normalized spacial score (nSPS) is 11.2. The SMILES string of the molecule is COc1cc(C=NNC(=O)c2ccc(O)c(Cl)c2)cc(C=CCNc2nc(O)c(-c3ccccc3)o2)c1OC. The van der Waals surface area contributed by atoms with Crippen LogP contribution in [0.1, 0.15) is 21.5 Å². The number of oxazole rings is 1. The van der Waals surface area contributed by atoms with Gasteiger partial charge in [-0.05, 0) is 35.9 Å². The Morgan fingerprint density at radius 3 is 2.62 bits per heavy atom. The molecule has 0 unspecified atom stereocenters. The molecular weight excluding hydrogens is 524 g/mol.